The van der Waals surface area contributed by atoms with Crippen LogP contribution in [0.1, 0.15) is 42.4 Å². The number of aromatic carboxylic acids is 1. The van der Waals surface area contributed by atoms with Crippen molar-refractivity contribution in [2.24, 2.45) is 0 Å². The predicted octanol–water partition coefficient (Wildman–Crippen LogP) is 1.82. The van der Waals surface area contributed by atoms with Crippen LogP contribution in [-0.4, -0.2) is 36.1 Å². The van der Waals surface area contributed by atoms with Crippen molar-refractivity contribution < 1.29 is 20.1 Å². The van der Waals surface area contributed by atoms with Crippen molar-refractivity contribution in [1.29, 1.82) is 0 Å². The summed E-state index contributed by atoms with van der Waals surface area (Å²) < 4.78 is 1.54. The van der Waals surface area contributed by atoms with Crippen molar-refractivity contribution in [2.45, 2.75) is 33.2 Å². The first-order valence-corrected chi connectivity index (χ1v) is 5.92. The van der Waals surface area contributed by atoms with Gasteiger partial charge in [-0.3, -0.25) is 4.68 Å². The second-order valence-electron chi connectivity index (χ2n) is 4.45. The summed E-state index contributed by atoms with van der Waals surface area (Å²) in [5.41, 5.74) is 0.470. The molecule has 0 saturated carbocycles. The Hall–Kier alpha value is -2.31. The summed E-state index contributed by atoms with van der Waals surface area (Å²) in [6.07, 6.45) is 0.763. The van der Waals surface area contributed by atoms with E-state index in [1.165, 1.54) is 0 Å². The number of hydrogen-bond donors (Lipinski definition) is 3. The molecule has 3 N–H and O–H groups in total. The Bertz CT molecular complexity index is 663. The molecule has 7 nitrogen and oxygen atoms in total. The van der Waals surface area contributed by atoms with Crippen molar-refractivity contribution in [3.8, 4) is 11.6 Å². The van der Waals surface area contributed by atoms with Crippen molar-refractivity contribution >= 4 is 17.0 Å². The van der Waals surface area contributed by atoms with Gasteiger partial charge in [-0.2, -0.15) is 5.10 Å². The molecule has 0 aliphatic carbocycles. The van der Waals surface area contributed by atoms with E-state index >= 15 is 0 Å². The average molecular weight is 265 g/mol. The van der Waals surface area contributed by atoms with E-state index in [9.17, 15) is 15.0 Å². The minimum atomic E-state index is -1.43. The fourth-order valence-electron chi connectivity index (χ4n) is 1.97. The lowest BCUT2D eigenvalue weighted by Crippen LogP contribution is -2.07. The maximum absolute atomic E-state index is 11.1. The average Bonchev–Trinajstić information content (AvgIpc) is 2.65. The number of carboxylic acid groups (broad SMARTS) is 1. The molecule has 0 aliphatic rings. The summed E-state index contributed by atoms with van der Waals surface area (Å²) in [6.45, 7) is 5.54. The number of carboxylic acids is 1. The highest BCUT2D eigenvalue weighted by molar-refractivity contribution is 6.00. The lowest BCUT2D eigenvalue weighted by atomic mass is 10.2. The van der Waals surface area contributed by atoms with E-state index < -0.39 is 23.2 Å². The van der Waals surface area contributed by atoms with Crippen LogP contribution in [0.5, 0.6) is 11.6 Å². The molecule has 0 aliphatic heterocycles. The highest BCUT2D eigenvalue weighted by Crippen LogP contribution is 2.35. The van der Waals surface area contributed by atoms with Crippen LogP contribution < -0.4 is 0 Å². The Kier molecular flexibility index (Phi) is 3.05. The van der Waals surface area contributed by atoms with Gasteiger partial charge in [0.25, 0.3) is 0 Å². The molecule has 2 aromatic rings. The minimum Gasteiger partial charge on any atom is -0.505 e. The maximum atomic E-state index is 11.1. The zero-order valence-electron chi connectivity index (χ0n) is 10.9. The number of rotatable bonds is 3. The molecule has 0 bridgehead atoms. The maximum Gasteiger partial charge on any atom is 0.345 e. The van der Waals surface area contributed by atoms with Gasteiger partial charge in [-0.25, -0.2) is 9.78 Å². The molecule has 0 saturated heterocycles. The Balaban J connectivity index is 2.89. The van der Waals surface area contributed by atoms with E-state index in [1.54, 1.807) is 11.6 Å². The van der Waals surface area contributed by atoms with Gasteiger partial charge in [-0.1, -0.05) is 6.92 Å². The molecule has 102 valence electrons. The Morgan fingerprint density at radius 3 is 2.58 bits per heavy atom. The number of aromatic nitrogens is 3. The van der Waals surface area contributed by atoms with E-state index in [2.05, 4.69) is 10.1 Å². The molecule has 0 fully saturated rings. The zero-order valence-corrected chi connectivity index (χ0v) is 10.9. The van der Waals surface area contributed by atoms with Gasteiger partial charge in [0.15, 0.2) is 11.3 Å². The standard InChI is InChI=1S/C12H15N3O4/c1-4-5(2)15-9-8(6(3)14-15)13-11(17)7(10(9)16)12(18)19/h5H,4H2,1-3H3,(H,18,19)(H2,13,16,17). The molecule has 7 heteroatoms. The van der Waals surface area contributed by atoms with Gasteiger partial charge in [0.2, 0.25) is 5.88 Å². The van der Waals surface area contributed by atoms with Gasteiger partial charge in [-0.15, -0.1) is 0 Å². The fraction of sp³-hybridized carbons (Fsp3) is 0.417. The van der Waals surface area contributed by atoms with Crippen molar-refractivity contribution in [1.82, 2.24) is 14.8 Å². The third kappa shape index (κ3) is 1.87. The number of fused-ring (bicyclic) bond motifs is 1. The summed E-state index contributed by atoms with van der Waals surface area (Å²) in [5, 5.41) is 33.0. The summed E-state index contributed by atoms with van der Waals surface area (Å²) in [6, 6.07) is -0.0184. The van der Waals surface area contributed by atoms with Gasteiger partial charge in [0.05, 0.1) is 5.69 Å². The molecular weight excluding hydrogens is 250 g/mol. The largest absolute Gasteiger partial charge is 0.505 e. The van der Waals surface area contributed by atoms with Gasteiger partial charge in [0, 0.05) is 6.04 Å². The van der Waals surface area contributed by atoms with Crippen molar-refractivity contribution in [3.05, 3.63) is 11.3 Å². The van der Waals surface area contributed by atoms with E-state index in [0.29, 0.717) is 11.2 Å². The third-order valence-electron chi connectivity index (χ3n) is 3.18. The molecule has 1 unspecified atom stereocenters. The van der Waals surface area contributed by atoms with Gasteiger partial charge in [-0.05, 0) is 20.3 Å². The number of aromatic hydroxyl groups is 2. The number of pyridine rings is 1. The summed E-state index contributed by atoms with van der Waals surface area (Å²) in [4.78, 5) is 14.9. The van der Waals surface area contributed by atoms with Crippen LogP contribution in [0.2, 0.25) is 0 Å². The number of nitrogens with zero attached hydrogens (tertiary/aromatic N) is 3. The second-order valence-corrected chi connectivity index (χ2v) is 4.45. The van der Waals surface area contributed by atoms with Gasteiger partial charge >= 0.3 is 5.97 Å². The van der Waals surface area contributed by atoms with Gasteiger partial charge in [0.1, 0.15) is 11.0 Å². The van der Waals surface area contributed by atoms with Crippen LogP contribution in [-0.2, 0) is 0 Å². The first-order chi connectivity index (χ1) is 8.88. The van der Waals surface area contributed by atoms with E-state index in [-0.39, 0.29) is 11.6 Å². The zero-order chi connectivity index (χ0) is 14.3. The Morgan fingerprint density at radius 2 is 2.05 bits per heavy atom. The molecule has 19 heavy (non-hydrogen) atoms. The molecule has 1 atom stereocenters. The van der Waals surface area contributed by atoms with E-state index in [1.807, 2.05) is 13.8 Å². The molecule has 2 aromatic heterocycles. The molecule has 0 spiro atoms. The molecule has 0 aromatic carbocycles. The monoisotopic (exact) mass is 265 g/mol. The normalized spacial score (nSPS) is 12.8. The van der Waals surface area contributed by atoms with Crippen LogP contribution in [0.15, 0.2) is 0 Å². The molecule has 2 heterocycles. The Morgan fingerprint density at radius 1 is 1.42 bits per heavy atom. The molecule has 0 amide bonds. The predicted molar refractivity (Wildman–Crippen MR) is 67.6 cm³/mol. The van der Waals surface area contributed by atoms with Crippen LogP contribution in [0.3, 0.4) is 0 Å². The summed E-state index contributed by atoms with van der Waals surface area (Å²) in [7, 11) is 0. The third-order valence-corrected chi connectivity index (χ3v) is 3.18. The first-order valence-electron chi connectivity index (χ1n) is 5.92. The lowest BCUT2D eigenvalue weighted by Gasteiger charge is -2.12. The minimum absolute atomic E-state index is 0.0184. The van der Waals surface area contributed by atoms with E-state index in [4.69, 9.17) is 5.11 Å². The highest BCUT2D eigenvalue weighted by atomic mass is 16.4. The summed E-state index contributed by atoms with van der Waals surface area (Å²) >= 11 is 0. The number of hydrogen-bond acceptors (Lipinski definition) is 5. The van der Waals surface area contributed by atoms with Crippen LogP contribution >= 0.6 is 0 Å². The molecular formula is C12H15N3O4. The number of carbonyl (C=O) groups is 1. The highest BCUT2D eigenvalue weighted by Gasteiger charge is 2.25. The second kappa shape index (κ2) is 4.42. The number of aryl methyl sites for hydroxylation is 1. The first kappa shape index (κ1) is 13.1. The van der Waals surface area contributed by atoms with Crippen molar-refractivity contribution in [2.75, 3.05) is 0 Å². The van der Waals surface area contributed by atoms with Crippen LogP contribution in [0.25, 0.3) is 11.0 Å². The summed E-state index contributed by atoms with van der Waals surface area (Å²) in [5.74, 6) is -2.64. The lowest BCUT2D eigenvalue weighted by molar-refractivity contribution is 0.0690. The smallest absolute Gasteiger partial charge is 0.345 e. The molecule has 2 rings (SSSR count). The van der Waals surface area contributed by atoms with E-state index in [0.717, 1.165) is 6.42 Å². The van der Waals surface area contributed by atoms with Crippen LogP contribution in [0.4, 0.5) is 0 Å². The quantitative estimate of drug-likeness (QED) is 0.781. The molecule has 0 radical (unpaired) electrons. The fourth-order valence-corrected chi connectivity index (χ4v) is 1.97. The van der Waals surface area contributed by atoms with Gasteiger partial charge < -0.3 is 15.3 Å². The Labute approximate surface area is 109 Å². The van der Waals surface area contributed by atoms with Crippen molar-refractivity contribution in [3.63, 3.8) is 0 Å². The van der Waals surface area contributed by atoms with Crippen LogP contribution in [0, 0.1) is 6.92 Å². The SMILES string of the molecule is CCC(C)n1nc(C)c2nc(O)c(C(=O)O)c(O)c21. The topological polar surface area (TPSA) is 108 Å².